The molecule has 0 fully saturated rings. The molecule has 5 aromatic rings. The van der Waals surface area contributed by atoms with Gasteiger partial charge in [-0.1, -0.05) is 58.0 Å². The summed E-state index contributed by atoms with van der Waals surface area (Å²) in [7, 11) is 0.764. The molecule has 376 valence electrons. The fraction of sp³-hybridized carbons (Fsp3) is 0.347. The fourth-order valence-electron chi connectivity index (χ4n) is 6.30. The molecule has 0 atom stereocenters. The van der Waals surface area contributed by atoms with E-state index in [1.165, 1.54) is 22.2 Å². The van der Waals surface area contributed by atoms with E-state index in [0.29, 0.717) is 18.3 Å². The van der Waals surface area contributed by atoms with Gasteiger partial charge in [0.25, 0.3) is 10.1 Å². The van der Waals surface area contributed by atoms with Crippen LogP contribution in [0.1, 0.15) is 64.5 Å². The lowest BCUT2D eigenvalue weighted by molar-refractivity contribution is -0.644. The van der Waals surface area contributed by atoms with E-state index in [2.05, 4.69) is 174 Å². The summed E-state index contributed by atoms with van der Waals surface area (Å²) >= 11 is 9.53. The molecule has 1 aliphatic rings. The predicted molar refractivity (Wildman–Crippen MR) is 282 cm³/mol. The quantitative estimate of drug-likeness (QED) is 0.0238. The van der Waals surface area contributed by atoms with Crippen molar-refractivity contribution in [2.24, 2.45) is 22.4 Å². The zero-order valence-electron chi connectivity index (χ0n) is 40.9. The Morgan fingerprint density at radius 2 is 1.30 bits per heavy atom. The third-order valence-electron chi connectivity index (χ3n) is 10.2. The van der Waals surface area contributed by atoms with Crippen LogP contribution < -0.4 is 30.4 Å². The standard InChI is InChI=1S/C23H29N4.C22H26N4.C2H6O4S.CH2Cl2.CH4O4S/c1-5-19(6-2)25-20-11-13-21(14-12-20)27(4)24-17-18-15-16-26(3)23-10-8-7-9-22(18)23;1-4-18(5-2)24-19-10-12-20(13-11-19)25-23-16-17-14-15-26(3)22-9-7-6-8-21(17)22;1-5-7(3,4)6-2;2-1-3;1-6(3,4)5-2/h7-17,19,25H,5-6H2,1-4H3;6-16,18,24H,4-5H2,1-3H3;1-2H3;1H2;2H,1H3/q+1;;;;/p-1/b;17-16+,25-23?;;;. The molecule has 0 unspecified atom stereocenters. The summed E-state index contributed by atoms with van der Waals surface area (Å²) < 4.78 is 51.2. The molecule has 6 rings (SSSR count). The molecule has 0 spiro atoms. The SMILES string of the molecule is CCC(CC)Nc1ccc(N(C)/N=C\c2cc[n+](C)c3ccccc23)cc1.CCC(CC)Nc1ccc(N=N/C=C2\C=CN(C)c3ccccc32)cc1.COS(=O)(=O)OC.CS(=O)(=O)O[O-].ClCCl. The van der Waals surface area contributed by atoms with Crippen LogP contribution in [0, 0.1) is 0 Å². The van der Waals surface area contributed by atoms with Gasteiger partial charge < -0.3 is 25.1 Å². The van der Waals surface area contributed by atoms with Crippen LogP contribution in [0.5, 0.6) is 0 Å². The van der Waals surface area contributed by atoms with E-state index in [-0.39, 0.29) is 5.34 Å². The second-order valence-corrected chi connectivity index (χ2v) is 18.8. The number of hydrogen-bond donors (Lipinski definition) is 2. The van der Waals surface area contributed by atoms with E-state index < -0.39 is 20.5 Å². The van der Waals surface area contributed by atoms with Gasteiger partial charge in [0.15, 0.2) is 6.20 Å². The molecule has 2 N–H and O–H groups in total. The lowest BCUT2D eigenvalue weighted by Gasteiger charge is -2.23. The van der Waals surface area contributed by atoms with E-state index in [1.807, 2.05) is 62.0 Å². The number of azo groups is 1. The van der Waals surface area contributed by atoms with Crippen LogP contribution in [0.15, 0.2) is 143 Å². The van der Waals surface area contributed by atoms with Gasteiger partial charge >= 0.3 is 10.4 Å². The molecule has 0 aliphatic carbocycles. The summed E-state index contributed by atoms with van der Waals surface area (Å²) in [5.41, 5.74) is 9.91. The Hall–Kier alpha value is -5.44. The maximum atomic E-state index is 9.92. The number of rotatable bonds is 16. The van der Waals surface area contributed by atoms with Crippen LogP contribution in [0.25, 0.3) is 16.5 Å². The van der Waals surface area contributed by atoms with Crippen molar-refractivity contribution >= 4 is 94.8 Å². The summed E-state index contributed by atoms with van der Waals surface area (Å²) in [4.78, 5) is 2.11. The molecular weight excluding hydrogens is 964 g/mol. The lowest BCUT2D eigenvalue weighted by atomic mass is 10.0. The topological polar surface area (TPSA) is 191 Å². The first-order valence-corrected chi connectivity index (χ1v) is 26.1. The predicted octanol–water partition coefficient (Wildman–Crippen LogP) is 10.3. The summed E-state index contributed by atoms with van der Waals surface area (Å²) in [6.45, 7) is 8.83. The number of hydrazone groups is 1. The second-order valence-electron chi connectivity index (χ2n) is 14.9. The van der Waals surface area contributed by atoms with Crippen molar-refractivity contribution in [1.29, 1.82) is 0 Å². The Kier molecular flexibility index (Phi) is 27.4. The number of aryl methyl sites for hydroxylation is 1. The van der Waals surface area contributed by atoms with E-state index in [9.17, 15) is 16.8 Å². The smallest absolute Gasteiger partial charge is 0.399 e. The lowest BCUT2D eigenvalue weighted by Crippen LogP contribution is -2.28. The van der Waals surface area contributed by atoms with E-state index >= 15 is 0 Å². The van der Waals surface area contributed by atoms with Crippen molar-refractivity contribution in [3.8, 4) is 0 Å². The molecule has 69 heavy (non-hydrogen) atoms. The Morgan fingerprint density at radius 1 is 0.797 bits per heavy atom. The van der Waals surface area contributed by atoms with Gasteiger partial charge in [-0.3, -0.25) is 13.4 Å². The largest absolute Gasteiger partial charge is 0.707 e. The molecule has 1 aromatic heterocycles. The van der Waals surface area contributed by atoms with E-state index in [4.69, 9.17) is 28.5 Å². The summed E-state index contributed by atoms with van der Waals surface area (Å²) in [6, 6.07) is 36.4. The molecule has 20 heteroatoms. The minimum absolute atomic E-state index is 0.194. The number of nitrogens with one attached hydrogen (secondary N) is 2. The second kappa shape index (κ2) is 31.6. The number of allylic oxidation sites excluding steroid dienone is 2. The third kappa shape index (κ3) is 21.8. The van der Waals surface area contributed by atoms with Crippen LogP contribution in [0.2, 0.25) is 0 Å². The first-order chi connectivity index (χ1) is 32.9. The molecular formula is C49H66Cl2N8O8S2. The Bertz CT molecular complexity index is 2620. The van der Waals surface area contributed by atoms with Gasteiger partial charge in [0.1, 0.15) is 7.05 Å². The molecule has 0 radical (unpaired) electrons. The summed E-state index contributed by atoms with van der Waals surface area (Å²) in [5, 5.41) is 32.5. The number of halogens is 2. The molecule has 0 amide bonds. The minimum atomic E-state index is -3.72. The zero-order valence-corrected chi connectivity index (χ0v) is 44.1. The average Bonchev–Trinajstić information content (AvgIpc) is 3.36. The fourth-order valence-corrected chi connectivity index (χ4v) is 6.43. The van der Waals surface area contributed by atoms with Crippen molar-refractivity contribution in [1.82, 2.24) is 0 Å². The minimum Gasteiger partial charge on any atom is -0.707 e. The highest BCUT2D eigenvalue weighted by atomic mass is 35.5. The summed E-state index contributed by atoms with van der Waals surface area (Å²) in [6.07, 6.45) is 15.1. The Morgan fingerprint density at radius 3 is 1.81 bits per heavy atom. The average molecular weight is 1030 g/mol. The molecule has 4 aromatic carbocycles. The number of alkyl halides is 2. The van der Waals surface area contributed by atoms with Crippen molar-refractivity contribution in [3.05, 3.63) is 139 Å². The van der Waals surface area contributed by atoms with Gasteiger partial charge in [-0.25, -0.2) is 13.0 Å². The van der Waals surface area contributed by atoms with E-state index in [1.54, 1.807) is 0 Å². The van der Waals surface area contributed by atoms with Gasteiger partial charge in [0.2, 0.25) is 5.52 Å². The Labute approximate surface area is 419 Å². The van der Waals surface area contributed by atoms with Crippen LogP contribution in [0.4, 0.5) is 28.4 Å². The van der Waals surface area contributed by atoms with Crippen LogP contribution >= 0.6 is 23.2 Å². The number of hydrogen-bond acceptors (Lipinski definition) is 15. The van der Waals surface area contributed by atoms with Gasteiger partial charge in [-0.2, -0.15) is 23.7 Å². The van der Waals surface area contributed by atoms with Crippen molar-refractivity contribution < 1.29 is 39.4 Å². The first kappa shape index (κ1) is 59.7. The third-order valence-corrected chi connectivity index (χ3v) is 11.3. The van der Waals surface area contributed by atoms with E-state index in [0.717, 1.165) is 73.8 Å². The van der Waals surface area contributed by atoms with Gasteiger partial charge in [0, 0.05) is 78.3 Å². The number of aromatic nitrogens is 1. The van der Waals surface area contributed by atoms with Crippen molar-refractivity contribution in [2.45, 2.75) is 65.5 Å². The molecule has 0 saturated carbocycles. The molecule has 2 heterocycles. The zero-order chi connectivity index (χ0) is 51.4. The van der Waals surface area contributed by atoms with Crippen LogP contribution in [-0.4, -0.2) is 75.0 Å². The number of benzene rings is 4. The molecule has 0 saturated heterocycles. The highest BCUT2D eigenvalue weighted by molar-refractivity contribution is 7.85. The van der Waals surface area contributed by atoms with Crippen molar-refractivity contribution in [2.75, 3.05) is 60.5 Å². The van der Waals surface area contributed by atoms with Crippen LogP contribution in [0.3, 0.4) is 0 Å². The summed E-state index contributed by atoms with van der Waals surface area (Å²) in [5.74, 6) is 0. The van der Waals surface area contributed by atoms with Crippen molar-refractivity contribution in [3.63, 3.8) is 0 Å². The van der Waals surface area contributed by atoms with Gasteiger partial charge in [-0.15, -0.1) is 23.2 Å². The maximum Gasteiger partial charge on any atom is 0.399 e. The number of fused-ring (bicyclic) bond motifs is 2. The monoisotopic (exact) mass is 1030 g/mol. The van der Waals surface area contributed by atoms with Gasteiger partial charge in [-0.05, 0) is 92.4 Å². The number of pyridine rings is 1. The molecule has 0 bridgehead atoms. The highest BCUT2D eigenvalue weighted by Crippen LogP contribution is 2.32. The Balaban J connectivity index is 0.000000361. The highest BCUT2D eigenvalue weighted by Gasteiger charge is 2.13. The van der Waals surface area contributed by atoms with Gasteiger partial charge in [0.05, 0.1) is 55.0 Å². The number of nitrogens with zero attached hydrogens (tertiary/aromatic N) is 6. The van der Waals surface area contributed by atoms with Crippen LogP contribution in [-0.2, 0) is 40.3 Å². The first-order valence-electron chi connectivity index (χ1n) is 21.9. The maximum absolute atomic E-state index is 9.92. The molecule has 16 nitrogen and oxygen atoms in total. The normalized spacial score (nSPS) is 12.6. The number of anilines is 4. The molecule has 1 aliphatic heterocycles. The number of para-hydroxylation sites is 2.